The zero-order valence-corrected chi connectivity index (χ0v) is 16.8. The summed E-state index contributed by atoms with van der Waals surface area (Å²) in [5.41, 5.74) is 3.59. The lowest BCUT2D eigenvalue weighted by atomic mass is 10.0. The molecule has 4 rings (SSSR count). The van der Waals surface area contributed by atoms with E-state index in [-0.39, 0.29) is 0 Å². The number of aryl methyl sites for hydroxylation is 1. The van der Waals surface area contributed by atoms with Gasteiger partial charge in [0.2, 0.25) is 0 Å². The van der Waals surface area contributed by atoms with E-state index in [4.69, 9.17) is 9.72 Å². The number of para-hydroxylation sites is 1. The van der Waals surface area contributed by atoms with Crippen molar-refractivity contribution >= 4 is 16.7 Å². The summed E-state index contributed by atoms with van der Waals surface area (Å²) in [6, 6.07) is 19.6. The molecule has 0 aliphatic carbocycles. The van der Waals surface area contributed by atoms with Crippen LogP contribution in [0.5, 0.6) is 5.75 Å². The Bertz CT molecular complexity index is 932. The maximum atomic E-state index is 5.74. The number of rotatable bonds is 6. The van der Waals surface area contributed by atoms with E-state index in [1.807, 2.05) is 13.0 Å². The highest BCUT2D eigenvalue weighted by Gasteiger charge is 2.19. The molecule has 4 heteroatoms. The molecule has 1 saturated heterocycles. The van der Waals surface area contributed by atoms with Crippen LogP contribution < -0.4 is 10.1 Å². The minimum Gasteiger partial charge on any atom is -0.494 e. The predicted molar refractivity (Wildman–Crippen MR) is 116 cm³/mol. The topological polar surface area (TPSA) is 37.4 Å². The van der Waals surface area contributed by atoms with Gasteiger partial charge in [0.1, 0.15) is 11.6 Å². The summed E-state index contributed by atoms with van der Waals surface area (Å²) in [5, 5.41) is 4.82. The third-order valence-electron chi connectivity index (χ3n) is 5.50. The Hall–Kier alpha value is -2.59. The second kappa shape index (κ2) is 8.61. The van der Waals surface area contributed by atoms with E-state index in [9.17, 15) is 0 Å². The summed E-state index contributed by atoms with van der Waals surface area (Å²) in [4.78, 5) is 7.29. The number of nitrogens with zero attached hydrogens (tertiary/aromatic N) is 2. The second-order valence-corrected chi connectivity index (χ2v) is 7.62. The molecule has 0 saturated carbocycles. The van der Waals surface area contributed by atoms with E-state index in [1.165, 1.54) is 16.5 Å². The van der Waals surface area contributed by atoms with Gasteiger partial charge in [-0.2, -0.15) is 0 Å². The first kappa shape index (κ1) is 18.8. The first-order valence-corrected chi connectivity index (χ1v) is 10.3. The average Bonchev–Trinajstić information content (AvgIpc) is 2.72. The molecule has 0 amide bonds. The molecule has 0 atom stereocenters. The van der Waals surface area contributed by atoms with E-state index >= 15 is 0 Å². The summed E-state index contributed by atoms with van der Waals surface area (Å²) in [6.07, 6.45) is 2.28. The van der Waals surface area contributed by atoms with Gasteiger partial charge in [0.05, 0.1) is 12.1 Å². The van der Waals surface area contributed by atoms with Crippen molar-refractivity contribution in [1.82, 2.24) is 9.88 Å². The Morgan fingerprint density at radius 3 is 2.71 bits per heavy atom. The van der Waals surface area contributed by atoms with Gasteiger partial charge in [-0.1, -0.05) is 30.3 Å². The van der Waals surface area contributed by atoms with Gasteiger partial charge in [0.15, 0.2) is 0 Å². The van der Waals surface area contributed by atoms with Crippen LogP contribution in [-0.4, -0.2) is 35.6 Å². The van der Waals surface area contributed by atoms with Gasteiger partial charge in [-0.15, -0.1) is 0 Å². The van der Waals surface area contributed by atoms with Crippen molar-refractivity contribution in [3.05, 3.63) is 65.7 Å². The van der Waals surface area contributed by atoms with Crippen LogP contribution in [0.3, 0.4) is 0 Å². The van der Waals surface area contributed by atoms with E-state index in [0.717, 1.165) is 49.6 Å². The lowest BCUT2D eigenvalue weighted by Crippen LogP contribution is -2.38. The van der Waals surface area contributed by atoms with Gasteiger partial charge in [0.25, 0.3) is 0 Å². The van der Waals surface area contributed by atoms with Gasteiger partial charge in [-0.3, -0.25) is 4.90 Å². The number of likely N-dealkylation sites (tertiary alicyclic amines) is 1. The van der Waals surface area contributed by atoms with Crippen LogP contribution in [0.1, 0.15) is 30.9 Å². The highest BCUT2D eigenvalue weighted by atomic mass is 16.5. The van der Waals surface area contributed by atoms with E-state index in [1.54, 1.807) is 0 Å². The van der Waals surface area contributed by atoms with Gasteiger partial charge in [0, 0.05) is 31.1 Å². The van der Waals surface area contributed by atoms with Crippen molar-refractivity contribution in [2.24, 2.45) is 0 Å². The van der Waals surface area contributed by atoms with Crippen molar-refractivity contribution in [2.45, 2.75) is 39.3 Å². The maximum absolute atomic E-state index is 5.74. The first-order chi connectivity index (χ1) is 13.7. The van der Waals surface area contributed by atoms with Crippen molar-refractivity contribution in [1.29, 1.82) is 0 Å². The number of anilines is 1. The lowest BCUT2D eigenvalue weighted by Gasteiger charge is -2.32. The maximum Gasteiger partial charge on any atom is 0.126 e. The van der Waals surface area contributed by atoms with Gasteiger partial charge >= 0.3 is 0 Å². The summed E-state index contributed by atoms with van der Waals surface area (Å²) in [7, 11) is 0. The molecule has 146 valence electrons. The number of ether oxygens (including phenoxy) is 1. The molecule has 2 aromatic carbocycles. The molecule has 1 aliphatic heterocycles. The first-order valence-electron chi connectivity index (χ1n) is 10.3. The van der Waals surface area contributed by atoms with Crippen LogP contribution in [0.2, 0.25) is 0 Å². The van der Waals surface area contributed by atoms with Crippen molar-refractivity contribution in [3.8, 4) is 5.75 Å². The standard InChI is InChI=1S/C24H29N3O/c1-3-28-23-16-19(9-8-18(23)2)17-27-14-12-21(13-15-27)25-24-11-10-20-6-4-5-7-22(20)26-24/h4-11,16,21H,3,12-15,17H2,1-2H3,(H,25,26). The predicted octanol–water partition coefficient (Wildman–Crippen LogP) is 5.02. The number of aromatic nitrogens is 1. The molecule has 1 aliphatic rings. The van der Waals surface area contributed by atoms with Gasteiger partial charge in [-0.05, 0) is 62.1 Å². The molecule has 28 heavy (non-hydrogen) atoms. The van der Waals surface area contributed by atoms with Gasteiger partial charge in [-0.25, -0.2) is 4.98 Å². The molecule has 3 aromatic rings. The van der Waals surface area contributed by atoms with Crippen LogP contribution in [0.4, 0.5) is 5.82 Å². The zero-order chi connectivity index (χ0) is 19.3. The number of nitrogens with one attached hydrogen (secondary N) is 1. The normalized spacial score (nSPS) is 15.6. The van der Waals surface area contributed by atoms with Crippen LogP contribution in [0.25, 0.3) is 10.9 Å². The molecule has 0 spiro atoms. The Morgan fingerprint density at radius 2 is 1.89 bits per heavy atom. The summed E-state index contributed by atoms with van der Waals surface area (Å²) < 4.78 is 5.74. The fourth-order valence-corrected chi connectivity index (χ4v) is 3.90. The SMILES string of the molecule is CCOc1cc(CN2CCC(Nc3ccc4ccccc4n3)CC2)ccc1C. The molecular formula is C24H29N3O. The Balaban J connectivity index is 1.32. The second-order valence-electron chi connectivity index (χ2n) is 7.62. The molecule has 1 fully saturated rings. The number of hydrogen-bond donors (Lipinski definition) is 1. The molecule has 0 bridgehead atoms. The quantitative estimate of drug-likeness (QED) is 0.656. The number of pyridine rings is 1. The van der Waals surface area contributed by atoms with E-state index in [0.29, 0.717) is 12.6 Å². The number of piperidine rings is 1. The molecule has 0 radical (unpaired) electrons. The van der Waals surface area contributed by atoms with E-state index in [2.05, 4.69) is 65.7 Å². The van der Waals surface area contributed by atoms with Crippen LogP contribution in [-0.2, 0) is 6.54 Å². The smallest absolute Gasteiger partial charge is 0.126 e. The van der Waals surface area contributed by atoms with Crippen LogP contribution in [0, 0.1) is 6.92 Å². The molecular weight excluding hydrogens is 346 g/mol. The summed E-state index contributed by atoms with van der Waals surface area (Å²) in [6.45, 7) is 8.04. The summed E-state index contributed by atoms with van der Waals surface area (Å²) >= 11 is 0. The van der Waals surface area contributed by atoms with Crippen molar-refractivity contribution in [2.75, 3.05) is 25.0 Å². The van der Waals surface area contributed by atoms with E-state index < -0.39 is 0 Å². The fraction of sp³-hybridized carbons (Fsp3) is 0.375. The van der Waals surface area contributed by atoms with Crippen molar-refractivity contribution < 1.29 is 4.74 Å². The highest BCUT2D eigenvalue weighted by molar-refractivity contribution is 5.80. The molecule has 4 nitrogen and oxygen atoms in total. The largest absolute Gasteiger partial charge is 0.494 e. The highest BCUT2D eigenvalue weighted by Crippen LogP contribution is 2.23. The molecule has 1 aromatic heterocycles. The van der Waals surface area contributed by atoms with Crippen LogP contribution >= 0.6 is 0 Å². The van der Waals surface area contributed by atoms with Crippen LogP contribution in [0.15, 0.2) is 54.6 Å². The molecule has 1 N–H and O–H groups in total. The minimum atomic E-state index is 0.488. The third-order valence-corrected chi connectivity index (χ3v) is 5.50. The third kappa shape index (κ3) is 4.45. The summed E-state index contributed by atoms with van der Waals surface area (Å²) in [5.74, 6) is 2.00. The monoisotopic (exact) mass is 375 g/mol. The zero-order valence-electron chi connectivity index (χ0n) is 16.8. The Kier molecular flexibility index (Phi) is 5.77. The Morgan fingerprint density at radius 1 is 1.07 bits per heavy atom. The minimum absolute atomic E-state index is 0.488. The van der Waals surface area contributed by atoms with Crippen molar-refractivity contribution in [3.63, 3.8) is 0 Å². The number of hydrogen-bond acceptors (Lipinski definition) is 4. The molecule has 2 heterocycles. The number of fused-ring (bicyclic) bond motifs is 1. The average molecular weight is 376 g/mol. The lowest BCUT2D eigenvalue weighted by molar-refractivity contribution is 0.211. The Labute approximate surface area is 167 Å². The number of benzene rings is 2. The van der Waals surface area contributed by atoms with Gasteiger partial charge < -0.3 is 10.1 Å². The fourth-order valence-electron chi connectivity index (χ4n) is 3.90. The molecule has 0 unspecified atom stereocenters.